The number of rotatable bonds is 3. The normalized spacial score (nSPS) is 20.8. The van der Waals surface area contributed by atoms with Crippen LogP contribution in [0.5, 0.6) is 0 Å². The Morgan fingerprint density at radius 1 is 1.32 bits per heavy atom. The van der Waals surface area contributed by atoms with Crippen LogP contribution in [0.15, 0.2) is 29.2 Å². The molecule has 0 saturated carbocycles. The third-order valence-corrected chi connectivity index (χ3v) is 5.38. The fourth-order valence-corrected chi connectivity index (χ4v) is 3.80. The third kappa shape index (κ3) is 3.83. The van der Waals surface area contributed by atoms with Crippen LogP contribution >= 0.6 is 24.0 Å². The molecule has 0 amide bonds. The molecule has 1 saturated heterocycles. The Hall–Kier alpha value is -0.330. The van der Waals surface area contributed by atoms with Crippen LogP contribution in [-0.2, 0) is 10.0 Å². The Kier molecular flexibility index (Phi) is 6.08. The molecule has 2 rings (SSSR count). The second-order valence-corrected chi connectivity index (χ2v) is 6.82. The van der Waals surface area contributed by atoms with E-state index < -0.39 is 10.0 Å². The van der Waals surface area contributed by atoms with E-state index in [2.05, 4.69) is 5.32 Å². The van der Waals surface area contributed by atoms with E-state index in [1.165, 1.54) is 0 Å². The standard InChI is InChI=1S/C12H17ClN2O2S.ClH/c1-14-11-3-2-8-15(9-11)18(16,17)12-6-4-10(13)5-7-12;/h4-7,11,14H,2-3,8-9H2,1H3;1H. The van der Waals surface area contributed by atoms with Gasteiger partial charge in [0.15, 0.2) is 0 Å². The SMILES string of the molecule is CNC1CCCN(S(=O)(=O)c2ccc(Cl)cc2)C1.Cl. The smallest absolute Gasteiger partial charge is 0.243 e. The van der Waals surface area contributed by atoms with Crippen molar-refractivity contribution in [3.8, 4) is 0 Å². The lowest BCUT2D eigenvalue weighted by Crippen LogP contribution is -2.46. The summed E-state index contributed by atoms with van der Waals surface area (Å²) in [7, 11) is -1.52. The minimum absolute atomic E-state index is 0. The Morgan fingerprint density at radius 2 is 1.95 bits per heavy atom. The average Bonchev–Trinajstić information content (AvgIpc) is 2.39. The summed E-state index contributed by atoms with van der Waals surface area (Å²) in [5, 5.41) is 3.68. The topological polar surface area (TPSA) is 49.4 Å². The number of piperidine rings is 1. The van der Waals surface area contributed by atoms with E-state index in [1.54, 1.807) is 28.6 Å². The largest absolute Gasteiger partial charge is 0.316 e. The summed E-state index contributed by atoms with van der Waals surface area (Å²) in [4.78, 5) is 0.309. The van der Waals surface area contributed by atoms with Crippen LogP contribution < -0.4 is 5.32 Å². The molecule has 108 valence electrons. The van der Waals surface area contributed by atoms with Crippen LogP contribution in [0.3, 0.4) is 0 Å². The number of nitrogens with zero attached hydrogens (tertiary/aromatic N) is 1. The lowest BCUT2D eigenvalue weighted by Gasteiger charge is -2.31. The Morgan fingerprint density at radius 3 is 2.53 bits per heavy atom. The fraction of sp³-hybridized carbons (Fsp3) is 0.500. The predicted octanol–water partition coefficient (Wildman–Crippen LogP) is 2.13. The molecular formula is C12H18Cl2N2O2S. The second-order valence-electron chi connectivity index (χ2n) is 4.44. The molecule has 7 heteroatoms. The monoisotopic (exact) mass is 324 g/mol. The maximum atomic E-state index is 12.4. The summed E-state index contributed by atoms with van der Waals surface area (Å²) in [5.74, 6) is 0. The van der Waals surface area contributed by atoms with Gasteiger partial charge in [-0.25, -0.2) is 8.42 Å². The molecule has 0 spiro atoms. The molecule has 1 aromatic rings. The molecule has 0 radical (unpaired) electrons. The first kappa shape index (κ1) is 16.7. The lowest BCUT2D eigenvalue weighted by molar-refractivity contribution is 0.293. The predicted molar refractivity (Wildman–Crippen MR) is 79.5 cm³/mol. The molecule has 1 aliphatic rings. The summed E-state index contributed by atoms with van der Waals surface area (Å²) in [6, 6.07) is 6.56. The Bertz CT molecular complexity index is 505. The zero-order chi connectivity index (χ0) is 13.2. The van der Waals surface area contributed by atoms with Crippen molar-refractivity contribution >= 4 is 34.0 Å². The number of benzene rings is 1. The molecule has 1 fully saturated rings. The maximum Gasteiger partial charge on any atom is 0.243 e. The molecule has 1 aromatic carbocycles. The quantitative estimate of drug-likeness (QED) is 0.926. The molecule has 1 atom stereocenters. The van der Waals surface area contributed by atoms with Gasteiger partial charge in [0.1, 0.15) is 0 Å². The minimum Gasteiger partial charge on any atom is -0.316 e. The number of hydrogen-bond acceptors (Lipinski definition) is 3. The highest BCUT2D eigenvalue weighted by atomic mass is 35.5. The van der Waals surface area contributed by atoms with Gasteiger partial charge in [0.2, 0.25) is 10.0 Å². The van der Waals surface area contributed by atoms with Crippen molar-refractivity contribution in [3.05, 3.63) is 29.3 Å². The average molecular weight is 325 g/mol. The Labute approximate surface area is 125 Å². The van der Waals surface area contributed by atoms with Gasteiger partial charge < -0.3 is 5.32 Å². The van der Waals surface area contributed by atoms with Crippen LogP contribution in [0.1, 0.15) is 12.8 Å². The van der Waals surface area contributed by atoms with Crippen molar-refractivity contribution in [2.24, 2.45) is 0 Å². The van der Waals surface area contributed by atoms with Gasteiger partial charge in [0, 0.05) is 24.2 Å². The highest BCUT2D eigenvalue weighted by Crippen LogP contribution is 2.22. The summed E-state index contributed by atoms with van der Waals surface area (Å²) in [5.41, 5.74) is 0. The summed E-state index contributed by atoms with van der Waals surface area (Å²) in [6.45, 7) is 1.12. The molecule has 1 heterocycles. The van der Waals surface area contributed by atoms with Crippen LogP contribution in [0.2, 0.25) is 5.02 Å². The van der Waals surface area contributed by atoms with Gasteiger partial charge >= 0.3 is 0 Å². The third-order valence-electron chi connectivity index (χ3n) is 3.24. The molecule has 0 aromatic heterocycles. The van der Waals surface area contributed by atoms with Crippen molar-refractivity contribution < 1.29 is 8.42 Å². The van der Waals surface area contributed by atoms with Crippen molar-refractivity contribution in [2.45, 2.75) is 23.8 Å². The molecule has 1 aliphatic heterocycles. The zero-order valence-corrected chi connectivity index (χ0v) is 13.1. The van der Waals surface area contributed by atoms with Gasteiger partial charge in [-0.2, -0.15) is 4.31 Å². The minimum atomic E-state index is -3.39. The van der Waals surface area contributed by atoms with Gasteiger partial charge in [-0.1, -0.05) is 11.6 Å². The van der Waals surface area contributed by atoms with Gasteiger partial charge in [-0.15, -0.1) is 12.4 Å². The number of sulfonamides is 1. The number of likely N-dealkylation sites (N-methyl/N-ethyl adjacent to an activating group) is 1. The van der Waals surface area contributed by atoms with E-state index in [4.69, 9.17) is 11.6 Å². The maximum absolute atomic E-state index is 12.4. The van der Waals surface area contributed by atoms with Crippen molar-refractivity contribution in [3.63, 3.8) is 0 Å². The van der Waals surface area contributed by atoms with Crippen LogP contribution in [0, 0.1) is 0 Å². The van der Waals surface area contributed by atoms with Gasteiger partial charge in [-0.05, 0) is 44.2 Å². The second kappa shape index (κ2) is 6.90. The highest BCUT2D eigenvalue weighted by molar-refractivity contribution is 7.89. The van der Waals surface area contributed by atoms with E-state index in [0.717, 1.165) is 12.8 Å². The molecule has 19 heavy (non-hydrogen) atoms. The van der Waals surface area contributed by atoms with Crippen molar-refractivity contribution in [1.29, 1.82) is 0 Å². The molecule has 0 aliphatic carbocycles. The molecule has 0 bridgehead atoms. The van der Waals surface area contributed by atoms with Crippen molar-refractivity contribution in [2.75, 3.05) is 20.1 Å². The first-order valence-electron chi connectivity index (χ1n) is 5.97. The van der Waals surface area contributed by atoms with Crippen LogP contribution in [-0.4, -0.2) is 38.9 Å². The van der Waals surface area contributed by atoms with Crippen molar-refractivity contribution in [1.82, 2.24) is 9.62 Å². The number of hydrogen-bond donors (Lipinski definition) is 1. The molecule has 1 unspecified atom stereocenters. The van der Waals surface area contributed by atoms with Crippen LogP contribution in [0.4, 0.5) is 0 Å². The van der Waals surface area contributed by atoms with E-state index in [1.807, 2.05) is 7.05 Å². The first-order chi connectivity index (χ1) is 8.54. The molecule has 4 nitrogen and oxygen atoms in total. The zero-order valence-electron chi connectivity index (χ0n) is 10.7. The first-order valence-corrected chi connectivity index (χ1v) is 7.79. The van der Waals surface area contributed by atoms with E-state index in [-0.39, 0.29) is 18.4 Å². The van der Waals surface area contributed by atoms with E-state index in [0.29, 0.717) is 23.0 Å². The van der Waals surface area contributed by atoms with Crippen LogP contribution in [0.25, 0.3) is 0 Å². The molecule has 1 N–H and O–H groups in total. The van der Waals surface area contributed by atoms with Gasteiger partial charge in [-0.3, -0.25) is 0 Å². The molecular weight excluding hydrogens is 307 g/mol. The highest BCUT2D eigenvalue weighted by Gasteiger charge is 2.29. The van der Waals surface area contributed by atoms with Gasteiger partial charge in [0.05, 0.1) is 4.90 Å². The number of halogens is 2. The Balaban J connectivity index is 0.00000180. The van der Waals surface area contributed by atoms with E-state index in [9.17, 15) is 8.42 Å². The van der Waals surface area contributed by atoms with E-state index >= 15 is 0 Å². The fourth-order valence-electron chi connectivity index (χ4n) is 2.15. The number of nitrogens with one attached hydrogen (secondary N) is 1. The summed E-state index contributed by atoms with van der Waals surface area (Å²) < 4.78 is 26.4. The van der Waals surface area contributed by atoms with Gasteiger partial charge in [0.25, 0.3) is 0 Å². The summed E-state index contributed by atoms with van der Waals surface area (Å²) >= 11 is 5.77. The lowest BCUT2D eigenvalue weighted by atomic mass is 10.1. The summed E-state index contributed by atoms with van der Waals surface area (Å²) in [6.07, 6.45) is 1.90.